The zero-order chi connectivity index (χ0) is 23.4. The summed E-state index contributed by atoms with van der Waals surface area (Å²) in [7, 11) is -6.20. The van der Waals surface area contributed by atoms with Gasteiger partial charge in [0.1, 0.15) is 5.75 Å². The summed E-state index contributed by atoms with van der Waals surface area (Å²) in [5, 5.41) is 7.72. The summed E-state index contributed by atoms with van der Waals surface area (Å²) in [6, 6.07) is 17.7. The van der Waals surface area contributed by atoms with Gasteiger partial charge < -0.3 is 10.1 Å². The molecule has 0 atom stereocenters. The minimum atomic E-state index is -3.91. The quantitative estimate of drug-likeness (QED) is 0.455. The van der Waals surface area contributed by atoms with Gasteiger partial charge in [-0.25, -0.2) is 22.0 Å². The summed E-state index contributed by atoms with van der Waals surface area (Å²) in [6.45, 7) is 0.116. The van der Waals surface area contributed by atoms with Crippen molar-refractivity contribution in [3.63, 3.8) is 0 Å². The fraction of sp³-hybridized carbons (Fsp3) is 0.0952. The van der Waals surface area contributed by atoms with Crippen molar-refractivity contribution in [2.75, 3.05) is 11.8 Å². The van der Waals surface area contributed by atoms with Gasteiger partial charge in [0.25, 0.3) is 15.9 Å². The number of hydrogen-bond donors (Lipinski definition) is 3. The molecule has 0 fully saturated rings. The van der Waals surface area contributed by atoms with E-state index in [9.17, 15) is 21.6 Å². The number of hydrogen-bond acceptors (Lipinski definition) is 6. The molecule has 0 heterocycles. The van der Waals surface area contributed by atoms with Crippen LogP contribution in [0.4, 0.5) is 5.69 Å². The standard InChI is InChI=1S/C21H21N3O6S2/c1-30-18-9-7-17(8-10-18)24-32(28,29)20-4-2-3-16(13-20)21(25)23-14-15-5-11-19(12-6-15)31(22,26)27/h2-13,24H,14H2,1H3,(H,23,25)(H2,22,26,27). The van der Waals surface area contributed by atoms with E-state index < -0.39 is 26.0 Å². The van der Waals surface area contributed by atoms with Crippen LogP contribution in [-0.4, -0.2) is 29.9 Å². The van der Waals surface area contributed by atoms with Gasteiger partial charge in [0.15, 0.2) is 0 Å². The average molecular weight is 476 g/mol. The molecule has 3 aromatic rings. The molecule has 4 N–H and O–H groups in total. The van der Waals surface area contributed by atoms with Crippen LogP contribution in [0.2, 0.25) is 0 Å². The maximum absolute atomic E-state index is 12.7. The van der Waals surface area contributed by atoms with E-state index >= 15 is 0 Å². The van der Waals surface area contributed by atoms with Crippen molar-refractivity contribution in [1.29, 1.82) is 0 Å². The monoisotopic (exact) mass is 475 g/mol. The van der Waals surface area contributed by atoms with Crippen molar-refractivity contribution in [1.82, 2.24) is 5.32 Å². The molecule has 1 amide bonds. The number of nitrogens with one attached hydrogen (secondary N) is 2. The maximum atomic E-state index is 12.7. The Labute approximate surface area is 186 Å². The molecule has 11 heteroatoms. The van der Waals surface area contributed by atoms with E-state index in [0.717, 1.165) is 0 Å². The Morgan fingerprint density at radius 1 is 0.906 bits per heavy atom. The lowest BCUT2D eigenvalue weighted by molar-refractivity contribution is 0.0950. The first-order valence-corrected chi connectivity index (χ1v) is 12.3. The van der Waals surface area contributed by atoms with Crippen LogP contribution in [0, 0.1) is 0 Å². The van der Waals surface area contributed by atoms with Crippen LogP contribution < -0.4 is 19.9 Å². The summed E-state index contributed by atoms with van der Waals surface area (Å²) in [4.78, 5) is 12.4. The Morgan fingerprint density at radius 3 is 2.16 bits per heavy atom. The molecule has 0 bridgehead atoms. The van der Waals surface area contributed by atoms with Crippen molar-refractivity contribution < 1.29 is 26.4 Å². The van der Waals surface area contributed by atoms with Gasteiger partial charge >= 0.3 is 0 Å². The third-order valence-corrected chi connectivity index (χ3v) is 6.76. The van der Waals surface area contributed by atoms with E-state index in [1.54, 1.807) is 24.3 Å². The molecule has 3 rings (SSSR count). The number of benzene rings is 3. The number of methoxy groups -OCH3 is 1. The Bertz CT molecular complexity index is 1320. The molecule has 0 aliphatic rings. The molecule has 168 valence electrons. The molecule has 0 unspecified atom stereocenters. The lowest BCUT2D eigenvalue weighted by atomic mass is 10.2. The SMILES string of the molecule is COc1ccc(NS(=O)(=O)c2cccc(C(=O)NCc3ccc(S(N)(=O)=O)cc3)c2)cc1. The molecule has 0 spiro atoms. The summed E-state index contributed by atoms with van der Waals surface area (Å²) in [6.07, 6.45) is 0. The predicted octanol–water partition coefficient (Wildman–Crippen LogP) is 2.07. The van der Waals surface area contributed by atoms with Crippen LogP contribution in [-0.2, 0) is 26.6 Å². The Kier molecular flexibility index (Phi) is 6.82. The number of ether oxygens (including phenoxy) is 1. The van der Waals surface area contributed by atoms with Gasteiger partial charge in [0.05, 0.1) is 16.9 Å². The highest BCUT2D eigenvalue weighted by Gasteiger charge is 2.17. The normalized spacial score (nSPS) is 11.6. The minimum Gasteiger partial charge on any atom is -0.497 e. The summed E-state index contributed by atoms with van der Waals surface area (Å²) in [5.41, 5.74) is 1.16. The number of primary sulfonamides is 1. The van der Waals surface area contributed by atoms with Crippen molar-refractivity contribution in [2.45, 2.75) is 16.3 Å². The molecule has 0 saturated heterocycles. The number of sulfonamides is 2. The molecule has 0 aromatic heterocycles. The van der Waals surface area contributed by atoms with E-state index in [1.807, 2.05) is 0 Å². The molecule has 0 aliphatic heterocycles. The fourth-order valence-corrected chi connectivity index (χ4v) is 4.38. The van der Waals surface area contributed by atoms with Crippen molar-refractivity contribution >= 4 is 31.6 Å². The smallest absolute Gasteiger partial charge is 0.261 e. The molecule has 3 aromatic carbocycles. The molecular weight excluding hydrogens is 454 g/mol. The van der Waals surface area contributed by atoms with Gasteiger partial charge in [-0.05, 0) is 60.2 Å². The molecule has 32 heavy (non-hydrogen) atoms. The molecule has 0 saturated carbocycles. The van der Waals surface area contributed by atoms with E-state index in [0.29, 0.717) is 17.0 Å². The van der Waals surface area contributed by atoms with E-state index in [2.05, 4.69) is 10.0 Å². The predicted molar refractivity (Wildman–Crippen MR) is 119 cm³/mol. The largest absolute Gasteiger partial charge is 0.497 e. The third-order valence-electron chi connectivity index (χ3n) is 4.45. The summed E-state index contributed by atoms with van der Waals surface area (Å²) >= 11 is 0. The van der Waals surface area contributed by atoms with Crippen LogP contribution in [0.5, 0.6) is 5.75 Å². The van der Waals surface area contributed by atoms with Gasteiger partial charge in [0, 0.05) is 17.8 Å². The van der Waals surface area contributed by atoms with Gasteiger partial charge in [-0.1, -0.05) is 18.2 Å². The number of carbonyl (C=O) groups is 1. The lowest BCUT2D eigenvalue weighted by Gasteiger charge is -2.10. The first-order valence-electron chi connectivity index (χ1n) is 9.25. The fourth-order valence-electron chi connectivity index (χ4n) is 2.76. The number of rotatable bonds is 8. The first-order chi connectivity index (χ1) is 15.1. The number of carbonyl (C=O) groups excluding carboxylic acids is 1. The van der Waals surface area contributed by atoms with Crippen LogP contribution in [0.25, 0.3) is 0 Å². The van der Waals surface area contributed by atoms with Crippen LogP contribution in [0.1, 0.15) is 15.9 Å². The second-order valence-corrected chi connectivity index (χ2v) is 9.98. The Hall–Kier alpha value is -3.41. The van der Waals surface area contributed by atoms with Crippen molar-refractivity contribution in [3.8, 4) is 5.75 Å². The molecular formula is C21H21N3O6S2. The van der Waals surface area contributed by atoms with Crippen molar-refractivity contribution in [2.24, 2.45) is 5.14 Å². The highest BCUT2D eigenvalue weighted by Crippen LogP contribution is 2.20. The Morgan fingerprint density at radius 2 is 1.56 bits per heavy atom. The van der Waals surface area contributed by atoms with Gasteiger partial charge in [-0.3, -0.25) is 9.52 Å². The van der Waals surface area contributed by atoms with Gasteiger partial charge in [-0.2, -0.15) is 0 Å². The highest BCUT2D eigenvalue weighted by atomic mass is 32.2. The van der Waals surface area contributed by atoms with E-state index in [4.69, 9.17) is 9.88 Å². The topological polar surface area (TPSA) is 145 Å². The number of amides is 1. The second kappa shape index (κ2) is 9.39. The van der Waals surface area contributed by atoms with Gasteiger partial charge in [0.2, 0.25) is 10.0 Å². The molecule has 9 nitrogen and oxygen atoms in total. The van der Waals surface area contributed by atoms with Crippen LogP contribution >= 0.6 is 0 Å². The molecule has 0 aliphatic carbocycles. The maximum Gasteiger partial charge on any atom is 0.261 e. The van der Waals surface area contributed by atoms with E-state index in [1.165, 1.54) is 55.6 Å². The Balaban J connectivity index is 1.69. The first kappa shape index (κ1) is 23.3. The van der Waals surface area contributed by atoms with E-state index in [-0.39, 0.29) is 21.9 Å². The zero-order valence-corrected chi connectivity index (χ0v) is 18.6. The minimum absolute atomic E-state index is 0.0326. The summed E-state index contributed by atoms with van der Waals surface area (Å²) < 4.78 is 55.5. The second-order valence-electron chi connectivity index (χ2n) is 6.73. The van der Waals surface area contributed by atoms with Crippen LogP contribution in [0.15, 0.2) is 82.6 Å². The number of nitrogens with two attached hydrogens (primary N) is 1. The highest BCUT2D eigenvalue weighted by molar-refractivity contribution is 7.92. The summed E-state index contributed by atoms with van der Waals surface area (Å²) in [5.74, 6) is 0.105. The van der Waals surface area contributed by atoms with Gasteiger partial charge in [-0.15, -0.1) is 0 Å². The van der Waals surface area contributed by atoms with Crippen molar-refractivity contribution in [3.05, 3.63) is 83.9 Å². The zero-order valence-electron chi connectivity index (χ0n) is 17.0. The average Bonchev–Trinajstić information content (AvgIpc) is 2.77. The van der Waals surface area contributed by atoms with Crippen LogP contribution in [0.3, 0.4) is 0 Å². The third kappa shape index (κ3) is 5.84. The molecule has 0 radical (unpaired) electrons. The lowest BCUT2D eigenvalue weighted by Crippen LogP contribution is -2.23. The number of anilines is 1.